The summed E-state index contributed by atoms with van der Waals surface area (Å²) in [6, 6.07) is 0.0508. The molecule has 0 amide bonds. The van der Waals surface area contributed by atoms with Crippen LogP contribution in [0.25, 0.3) is 0 Å². The van der Waals surface area contributed by atoms with Crippen LogP contribution < -0.4 is 5.73 Å². The standard InChI is InChI=1S/C10H21NS/c1-7(2)6-8(12)9(11)10(3,4)5/h7,9H,6,11H2,1-5H3/t9-/m1/s1. The number of hydrogen-bond acceptors (Lipinski definition) is 2. The normalized spacial score (nSPS) is 14.9. The van der Waals surface area contributed by atoms with Crippen LogP contribution in [0.4, 0.5) is 0 Å². The molecule has 0 aromatic heterocycles. The lowest BCUT2D eigenvalue weighted by Gasteiger charge is -2.28. The Bertz CT molecular complexity index is 156. The van der Waals surface area contributed by atoms with Crippen molar-refractivity contribution < 1.29 is 0 Å². The van der Waals surface area contributed by atoms with Gasteiger partial charge in [0.25, 0.3) is 0 Å². The third kappa shape index (κ3) is 4.17. The fraction of sp³-hybridized carbons (Fsp3) is 0.900. The van der Waals surface area contributed by atoms with E-state index in [0.29, 0.717) is 5.92 Å². The van der Waals surface area contributed by atoms with E-state index in [1.807, 2.05) is 0 Å². The minimum absolute atomic E-state index is 0.0508. The average molecular weight is 187 g/mol. The Labute approximate surface area is 81.7 Å². The average Bonchev–Trinajstić information content (AvgIpc) is 1.82. The second-order valence-corrected chi connectivity index (χ2v) is 5.43. The molecule has 2 N–H and O–H groups in total. The van der Waals surface area contributed by atoms with Gasteiger partial charge in [0.1, 0.15) is 0 Å². The summed E-state index contributed by atoms with van der Waals surface area (Å²) in [6.07, 6.45) is 0.966. The molecule has 0 saturated heterocycles. The molecule has 1 atom stereocenters. The zero-order valence-corrected chi connectivity index (χ0v) is 9.66. The van der Waals surface area contributed by atoms with Crippen molar-refractivity contribution >= 4 is 17.1 Å². The van der Waals surface area contributed by atoms with Gasteiger partial charge in [0.15, 0.2) is 0 Å². The Morgan fingerprint density at radius 2 is 1.75 bits per heavy atom. The molecular formula is C10H21NS. The van der Waals surface area contributed by atoms with Crippen molar-refractivity contribution in [3.05, 3.63) is 0 Å². The summed E-state index contributed by atoms with van der Waals surface area (Å²) in [4.78, 5) is 1.01. The zero-order valence-electron chi connectivity index (χ0n) is 8.85. The summed E-state index contributed by atoms with van der Waals surface area (Å²) in [6.45, 7) is 10.7. The third-order valence-electron chi connectivity index (χ3n) is 1.89. The highest BCUT2D eigenvalue weighted by atomic mass is 32.1. The summed E-state index contributed by atoms with van der Waals surface area (Å²) in [5.41, 5.74) is 6.10. The van der Waals surface area contributed by atoms with Crippen LogP contribution in [-0.4, -0.2) is 10.9 Å². The van der Waals surface area contributed by atoms with E-state index in [2.05, 4.69) is 34.6 Å². The minimum Gasteiger partial charge on any atom is -0.323 e. The maximum absolute atomic E-state index is 6.00. The van der Waals surface area contributed by atoms with Gasteiger partial charge in [0.2, 0.25) is 0 Å². The molecule has 0 radical (unpaired) electrons. The molecule has 0 aromatic carbocycles. The van der Waals surface area contributed by atoms with Crippen LogP contribution in [0.2, 0.25) is 0 Å². The molecule has 0 bridgehead atoms. The number of nitrogens with two attached hydrogens (primary N) is 1. The van der Waals surface area contributed by atoms with Crippen molar-refractivity contribution in [3.63, 3.8) is 0 Å². The van der Waals surface area contributed by atoms with E-state index < -0.39 is 0 Å². The molecule has 0 aliphatic heterocycles. The van der Waals surface area contributed by atoms with Gasteiger partial charge in [-0.1, -0.05) is 46.8 Å². The van der Waals surface area contributed by atoms with E-state index in [1.54, 1.807) is 0 Å². The van der Waals surface area contributed by atoms with Crippen LogP contribution in [0, 0.1) is 11.3 Å². The fourth-order valence-electron chi connectivity index (χ4n) is 1.01. The van der Waals surface area contributed by atoms with Crippen molar-refractivity contribution in [1.29, 1.82) is 0 Å². The van der Waals surface area contributed by atoms with Crippen LogP contribution in [0.1, 0.15) is 41.0 Å². The molecule has 0 rings (SSSR count). The smallest absolute Gasteiger partial charge is 0.0408 e. The highest BCUT2D eigenvalue weighted by molar-refractivity contribution is 7.80. The quantitative estimate of drug-likeness (QED) is 0.688. The first-order chi connectivity index (χ1) is 5.25. The molecule has 0 heterocycles. The summed E-state index contributed by atoms with van der Waals surface area (Å²) >= 11 is 5.28. The Kier molecular flexibility index (Phi) is 4.35. The maximum Gasteiger partial charge on any atom is 0.0408 e. The SMILES string of the molecule is CC(C)CC(=S)[C@@H](N)C(C)(C)C. The number of rotatable bonds is 3. The molecular weight excluding hydrogens is 166 g/mol. The Balaban J connectivity index is 4.12. The van der Waals surface area contributed by atoms with Gasteiger partial charge in [0.05, 0.1) is 0 Å². The molecule has 12 heavy (non-hydrogen) atoms. The highest BCUT2D eigenvalue weighted by Crippen LogP contribution is 2.21. The molecule has 1 nitrogen and oxygen atoms in total. The minimum atomic E-state index is 0.0508. The van der Waals surface area contributed by atoms with Crippen molar-refractivity contribution in [2.75, 3.05) is 0 Å². The summed E-state index contributed by atoms with van der Waals surface area (Å²) in [5, 5.41) is 0. The molecule has 72 valence electrons. The number of hydrogen-bond donors (Lipinski definition) is 1. The van der Waals surface area contributed by atoms with E-state index >= 15 is 0 Å². The van der Waals surface area contributed by atoms with Gasteiger partial charge < -0.3 is 5.73 Å². The monoisotopic (exact) mass is 187 g/mol. The first-order valence-electron chi connectivity index (χ1n) is 4.53. The lowest BCUT2D eigenvalue weighted by Crippen LogP contribution is -2.41. The van der Waals surface area contributed by atoms with Crippen LogP contribution in [0.15, 0.2) is 0 Å². The van der Waals surface area contributed by atoms with Gasteiger partial charge in [-0.15, -0.1) is 0 Å². The van der Waals surface area contributed by atoms with Crippen molar-refractivity contribution in [1.82, 2.24) is 0 Å². The van der Waals surface area contributed by atoms with Gasteiger partial charge in [-0.2, -0.15) is 0 Å². The van der Waals surface area contributed by atoms with Gasteiger partial charge in [-0.05, 0) is 17.8 Å². The first kappa shape index (κ1) is 12.0. The molecule has 0 unspecified atom stereocenters. The second-order valence-electron chi connectivity index (χ2n) is 4.91. The summed E-state index contributed by atoms with van der Waals surface area (Å²) in [7, 11) is 0. The van der Waals surface area contributed by atoms with Gasteiger partial charge >= 0.3 is 0 Å². The van der Waals surface area contributed by atoms with Crippen LogP contribution >= 0.6 is 12.2 Å². The van der Waals surface area contributed by atoms with Crippen molar-refractivity contribution in [3.8, 4) is 0 Å². The van der Waals surface area contributed by atoms with E-state index in [1.165, 1.54) is 0 Å². The van der Waals surface area contributed by atoms with Crippen LogP contribution in [0.3, 0.4) is 0 Å². The maximum atomic E-state index is 6.00. The van der Waals surface area contributed by atoms with Crippen molar-refractivity contribution in [2.45, 2.75) is 47.1 Å². The molecule has 2 heteroatoms. The lowest BCUT2D eigenvalue weighted by molar-refractivity contribution is 0.379. The molecule has 0 spiro atoms. The van der Waals surface area contributed by atoms with Gasteiger partial charge in [-0.25, -0.2) is 0 Å². The largest absolute Gasteiger partial charge is 0.323 e. The predicted molar refractivity (Wildman–Crippen MR) is 59.5 cm³/mol. The zero-order chi connectivity index (χ0) is 9.94. The topological polar surface area (TPSA) is 26.0 Å². The third-order valence-corrected chi connectivity index (χ3v) is 2.31. The Morgan fingerprint density at radius 3 is 2.00 bits per heavy atom. The summed E-state index contributed by atoms with van der Waals surface area (Å²) in [5.74, 6) is 0.617. The Hall–Kier alpha value is 0.0500. The van der Waals surface area contributed by atoms with E-state index in [4.69, 9.17) is 18.0 Å². The van der Waals surface area contributed by atoms with Crippen LogP contribution in [-0.2, 0) is 0 Å². The van der Waals surface area contributed by atoms with Gasteiger partial charge in [0, 0.05) is 10.9 Å². The molecule has 0 aliphatic rings. The highest BCUT2D eigenvalue weighted by Gasteiger charge is 2.24. The molecule has 0 saturated carbocycles. The van der Waals surface area contributed by atoms with E-state index in [0.717, 1.165) is 11.3 Å². The Morgan fingerprint density at radius 1 is 1.33 bits per heavy atom. The fourth-order valence-corrected chi connectivity index (χ4v) is 1.70. The summed E-state index contributed by atoms with van der Waals surface area (Å²) < 4.78 is 0. The van der Waals surface area contributed by atoms with Crippen LogP contribution in [0.5, 0.6) is 0 Å². The second kappa shape index (κ2) is 4.33. The van der Waals surface area contributed by atoms with Crippen molar-refractivity contribution in [2.24, 2.45) is 17.1 Å². The number of thiocarbonyl (C=S) groups is 1. The molecule has 0 aromatic rings. The lowest BCUT2D eigenvalue weighted by atomic mass is 9.83. The molecule has 0 aliphatic carbocycles. The van der Waals surface area contributed by atoms with E-state index in [-0.39, 0.29) is 11.5 Å². The predicted octanol–water partition coefficient (Wildman–Crippen LogP) is 2.78. The molecule has 0 fully saturated rings. The van der Waals surface area contributed by atoms with Gasteiger partial charge in [-0.3, -0.25) is 0 Å². The van der Waals surface area contributed by atoms with E-state index in [9.17, 15) is 0 Å². The first-order valence-corrected chi connectivity index (χ1v) is 4.94.